The third-order valence-corrected chi connectivity index (χ3v) is 2.97. The van der Waals surface area contributed by atoms with Crippen molar-refractivity contribution >= 4 is 11.3 Å². The van der Waals surface area contributed by atoms with Gasteiger partial charge in [-0.1, -0.05) is 11.3 Å². The number of nitrogens with zero attached hydrogens (tertiary/aromatic N) is 1. The number of rotatable bonds is 2. The van der Waals surface area contributed by atoms with Gasteiger partial charge in [0.2, 0.25) is 0 Å². The van der Waals surface area contributed by atoms with Crippen LogP contribution < -0.4 is 4.74 Å². The molecule has 0 fully saturated rings. The average molecular weight is 233 g/mol. The topological polar surface area (TPSA) is 22.1 Å². The van der Waals surface area contributed by atoms with Gasteiger partial charge in [0.15, 0.2) is 5.06 Å². The molecule has 0 atom stereocenters. The van der Waals surface area contributed by atoms with Crippen LogP contribution in [0.2, 0.25) is 0 Å². The summed E-state index contributed by atoms with van der Waals surface area (Å²) in [5.74, 6) is 0. The lowest BCUT2D eigenvalue weighted by atomic mass is 10.2. The Morgan fingerprint density at radius 2 is 1.75 bits per heavy atom. The summed E-state index contributed by atoms with van der Waals surface area (Å²) < 4.78 is 5.81. The van der Waals surface area contributed by atoms with Crippen LogP contribution in [0.5, 0.6) is 5.06 Å². The van der Waals surface area contributed by atoms with Gasteiger partial charge in [-0.2, -0.15) is 0 Å². The van der Waals surface area contributed by atoms with Gasteiger partial charge >= 0.3 is 0 Å². The van der Waals surface area contributed by atoms with Gasteiger partial charge in [0.1, 0.15) is 5.60 Å². The van der Waals surface area contributed by atoms with Crippen LogP contribution in [0.4, 0.5) is 0 Å². The van der Waals surface area contributed by atoms with E-state index in [1.54, 1.807) is 23.7 Å². The molecule has 2 aromatic heterocycles. The number of hydrogen-bond donors (Lipinski definition) is 0. The molecule has 2 rings (SSSR count). The van der Waals surface area contributed by atoms with Crippen molar-refractivity contribution in [1.82, 2.24) is 4.98 Å². The molecular weight excluding hydrogens is 218 g/mol. The molecule has 0 aromatic carbocycles. The predicted octanol–water partition coefficient (Wildman–Crippen LogP) is 3.99. The normalized spacial score (nSPS) is 11.4. The molecule has 0 amide bonds. The van der Waals surface area contributed by atoms with E-state index in [1.165, 1.54) is 10.4 Å². The van der Waals surface area contributed by atoms with Crippen LogP contribution in [0.1, 0.15) is 20.8 Å². The Morgan fingerprint density at radius 1 is 1.06 bits per heavy atom. The van der Waals surface area contributed by atoms with E-state index < -0.39 is 0 Å². The van der Waals surface area contributed by atoms with E-state index in [0.717, 1.165) is 5.06 Å². The minimum Gasteiger partial charge on any atom is -0.479 e. The molecular formula is C13H15NOS. The third kappa shape index (κ3) is 2.83. The summed E-state index contributed by atoms with van der Waals surface area (Å²) in [5.41, 5.74) is 1.05. The quantitative estimate of drug-likeness (QED) is 0.782. The molecule has 84 valence electrons. The van der Waals surface area contributed by atoms with E-state index in [0.29, 0.717) is 0 Å². The lowest BCUT2D eigenvalue weighted by Gasteiger charge is -2.19. The highest BCUT2D eigenvalue weighted by Gasteiger charge is 2.13. The Bertz CT molecular complexity index is 456. The highest BCUT2D eigenvalue weighted by atomic mass is 32.1. The number of ether oxygens (including phenoxy) is 1. The SMILES string of the molecule is CC(C)(C)Oc1ccc(-c2ccncc2)s1. The Morgan fingerprint density at radius 3 is 2.38 bits per heavy atom. The van der Waals surface area contributed by atoms with Crippen LogP contribution in [0.25, 0.3) is 10.4 Å². The van der Waals surface area contributed by atoms with Gasteiger partial charge in [-0.25, -0.2) is 0 Å². The summed E-state index contributed by atoms with van der Waals surface area (Å²) in [6.45, 7) is 6.16. The largest absolute Gasteiger partial charge is 0.479 e. The summed E-state index contributed by atoms with van der Waals surface area (Å²) in [5, 5.41) is 0.958. The van der Waals surface area contributed by atoms with Gasteiger partial charge < -0.3 is 4.74 Å². The van der Waals surface area contributed by atoms with Crippen molar-refractivity contribution in [2.24, 2.45) is 0 Å². The number of hydrogen-bond acceptors (Lipinski definition) is 3. The van der Waals surface area contributed by atoms with Crippen molar-refractivity contribution in [2.45, 2.75) is 26.4 Å². The monoisotopic (exact) mass is 233 g/mol. The zero-order valence-electron chi connectivity index (χ0n) is 9.73. The van der Waals surface area contributed by atoms with Gasteiger partial charge in [0, 0.05) is 17.3 Å². The maximum Gasteiger partial charge on any atom is 0.175 e. The van der Waals surface area contributed by atoms with Crippen LogP contribution in [0, 0.1) is 0 Å². The van der Waals surface area contributed by atoms with Crippen LogP contribution in [-0.2, 0) is 0 Å². The molecule has 2 heterocycles. The highest BCUT2D eigenvalue weighted by Crippen LogP contribution is 2.34. The molecule has 0 aliphatic carbocycles. The molecule has 0 spiro atoms. The zero-order chi connectivity index (χ0) is 11.6. The summed E-state index contributed by atoms with van der Waals surface area (Å²) in [4.78, 5) is 5.22. The van der Waals surface area contributed by atoms with Gasteiger partial charge in [0.05, 0.1) is 0 Å². The molecule has 0 saturated heterocycles. The average Bonchev–Trinajstić information content (AvgIpc) is 2.65. The van der Waals surface area contributed by atoms with Gasteiger partial charge in [-0.15, -0.1) is 0 Å². The molecule has 0 unspecified atom stereocenters. The van der Waals surface area contributed by atoms with Crippen molar-refractivity contribution in [3.8, 4) is 15.5 Å². The van der Waals surface area contributed by atoms with Crippen molar-refractivity contribution in [3.63, 3.8) is 0 Å². The van der Waals surface area contributed by atoms with E-state index in [1.807, 2.05) is 18.2 Å². The Labute approximate surface area is 99.9 Å². The van der Waals surface area contributed by atoms with E-state index in [-0.39, 0.29) is 5.60 Å². The second kappa shape index (κ2) is 4.26. The fourth-order valence-electron chi connectivity index (χ4n) is 1.35. The minimum atomic E-state index is -0.139. The van der Waals surface area contributed by atoms with Crippen molar-refractivity contribution in [3.05, 3.63) is 36.7 Å². The Balaban J connectivity index is 2.21. The molecule has 16 heavy (non-hydrogen) atoms. The van der Waals surface area contributed by atoms with E-state index in [9.17, 15) is 0 Å². The first kappa shape index (κ1) is 11.1. The first-order valence-electron chi connectivity index (χ1n) is 5.24. The molecule has 0 radical (unpaired) electrons. The lowest BCUT2D eigenvalue weighted by molar-refractivity contribution is 0.136. The fraction of sp³-hybridized carbons (Fsp3) is 0.308. The second-order valence-corrected chi connectivity index (χ2v) is 5.62. The van der Waals surface area contributed by atoms with Crippen LogP contribution >= 0.6 is 11.3 Å². The van der Waals surface area contributed by atoms with E-state index >= 15 is 0 Å². The number of pyridine rings is 1. The molecule has 0 N–H and O–H groups in total. The standard InChI is InChI=1S/C13H15NOS/c1-13(2,3)15-12-5-4-11(16-12)10-6-8-14-9-7-10/h4-9H,1-3H3. The Hall–Kier alpha value is -1.35. The Kier molecular flexibility index (Phi) is 2.97. The minimum absolute atomic E-state index is 0.139. The van der Waals surface area contributed by atoms with Gasteiger partial charge in [0.25, 0.3) is 0 Å². The van der Waals surface area contributed by atoms with Crippen LogP contribution in [0.15, 0.2) is 36.7 Å². The highest BCUT2D eigenvalue weighted by molar-refractivity contribution is 7.17. The van der Waals surface area contributed by atoms with E-state index in [4.69, 9.17) is 4.74 Å². The molecule has 2 nitrogen and oxygen atoms in total. The summed E-state index contributed by atoms with van der Waals surface area (Å²) in [7, 11) is 0. The van der Waals surface area contributed by atoms with Crippen LogP contribution in [-0.4, -0.2) is 10.6 Å². The zero-order valence-corrected chi connectivity index (χ0v) is 10.5. The molecule has 0 saturated carbocycles. The second-order valence-electron chi connectivity index (χ2n) is 4.57. The first-order chi connectivity index (χ1) is 7.54. The molecule has 0 bridgehead atoms. The maximum atomic E-state index is 5.81. The molecule has 0 aliphatic rings. The maximum absolute atomic E-state index is 5.81. The van der Waals surface area contributed by atoms with Gasteiger partial charge in [-0.3, -0.25) is 4.98 Å². The van der Waals surface area contributed by atoms with Crippen molar-refractivity contribution < 1.29 is 4.74 Å². The van der Waals surface area contributed by atoms with Crippen LogP contribution in [0.3, 0.4) is 0 Å². The molecule has 0 aliphatic heterocycles. The number of aromatic nitrogens is 1. The third-order valence-electron chi connectivity index (χ3n) is 1.95. The molecule has 2 aromatic rings. The van der Waals surface area contributed by atoms with Gasteiger partial charge in [-0.05, 0) is 50.6 Å². The summed E-state index contributed by atoms with van der Waals surface area (Å²) in [6.07, 6.45) is 3.61. The fourth-order valence-corrected chi connectivity index (χ4v) is 2.38. The first-order valence-corrected chi connectivity index (χ1v) is 6.05. The van der Waals surface area contributed by atoms with Crippen molar-refractivity contribution in [2.75, 3.05) is 0 Å². The van der Waals surface area contributed by atoms with Crippen molar-refractivity contribution in [1.29, 1.82) is 0 Å². The van der Waals surface area contributed by atoms with E-state index in [2.05, 4.69) is 31.8 Å². The number of thiophene rings is 1. The smallest absolute Gasteiger partial charge is 0.175 e. The summed E-state index contributed by atoms with van der Waals surface area (Å²) >= 11 is 1.66. The predicted molar refractivity (Wildman–Crippen MR) is 67.9 cm³/mol. The molecule has 3 heteroatoms. The lowest BCUT2D eigenvalue weighted by Crippen LogP contribution is -2.22. The summed E-state index contributed by atoms with van der Waals surface area (Å²) in [6, 6.07) is 8.12.